The van der Waals surface area contributed by atoms with Crippen LogP contribution in [-0.2, 0) is 19.4 Å². The summed E-state index contributed by atoms with van der Waals surface area (Å²) in [5.74, 6) is -0.127. The summed E-state index contributed by atoms with van der Waals surface area (Å²) in [5, 5.41) is 19.9. The number of hydrogen-bond acceptors (Lipinski definition) is 4. The van der Waals surface area contributed by atoms with Crippen LogP contribution in [0.1, 0.15) is 83.3 Å². The molecule has 0 bridgehead atoms. The van der Waals surface area contributed by atoms with Crippen molar-refractivity contribution < 1.29 is 14.7 Å². The van der Waals surface area contributed by atoms with E-state index in [2.05, 4.69) is 35.4 Å². The van der Waals surface area contributed by atoms with E-state index in [1.54, 1.807) is 12.1 Å². The molecule has 2 aromatic carbocycles. The maximum atomic E-state index is 13.3. The number of carbonyl (C=O) groups excluding carboxylic acids is 2. The molecule has 2 aliphatic rings. The van der Waals surface area contributed by atoms with E-state index in [1.165, 1.54) is 11.3 Å². The van der Waals surface area contributed by atoms with Crippen molar-refractivity contribution in [2.75, 3.05) is 13.2 Å². The highest BCUT2D eigenvalue weighted by molar-refractivity contribution is 5.99. The Kier molecular flexibility index (Phi) is 6.67. The van der Waals surface area contributed by atoms with E-state index in [1.807, 2.05) is 43.0 Å². The van der Waals surface area contributed by atoms with E-state index in [0.29, 0.717) is 18.7 Å². The summed E-state index contributed by atoms with van der Waals surface area (Å²) >= 11 is 0. The SMILES string of the molecule is C[C@@H](CO)CNC(=O)c1ccc([C@@H](C)N2Cc3cc(-c4n[nH]c5c4CCC(C)(C)C5)ccc3C2=O)cc1. The molecular weight excluding hydrogens is 464 g/mol. The lowest BCUT2D eigenvalue weighted by molar-refractivity contribution is 0.0715. The second kappa shape index (κ2) is 9.78. The van der Waals surface area contributed by atoms with Gasteiger partial charge in [0.1, 0.15) is 0 Å². The average molecular weight is 501 g/mol. The number of rotatable bonds is 7. The Labute approximate surface area is 218 Å². The summed E-state index contributed by atoms with van der Waals surface area (Å²) in [6.07, 6.45) is 3.16. The van der Waals surface area contributed by atoms with Crippen LogP contribution in [0.4, 0.5) is 0 Å². The molecule has 0 fully saturated rings. The van der Waals surface area contributed by atoms with Gasteiger partial charge in [-0.2, -0.15) is 5.10 Å². The number of aliphatic hydroxyl groups excluding tert-OH is 1. The summed E-state index contributed by atoms with van der Waals surface area (Å²) in [6, 6.07) is 13.4. The average Bonchev–Trinajstić information content (AvgIpc) is 3.45. The molecule has 194 valence electrons. The van der Waals surface area contributed by atoms with E-state index in [4.69, 9.17) is 5.11 Å². The Balaban J connectivity index is 1.30. The Hall–Kier alpha value is -3.45. The van der Waals surface area contributed by atoms with Gasteiger partial charge in [0, 0.05) is 47.6 Å². The quantitative estimate of drug-likeness (QED) is 0.439. The number of nitrogens with one attached hydrogen (secondary N) is 2. The maximum absolute atomic E-state index is 13.3. The first-order chi connectivity index (χ1) is 17.7. The van der Waals surface area contributed by atoms with Gasteiger partial charge in [-0.25, -0.2) is 0 Å². The van der Waals surface area contributed by atoms with E-state index in [-0.39, 0.29) is 35.8 Å². The van der Waals surface area contributed by atoms with Crippen LogP contribution in [0, 0.1) is 11.3 Å². The summed E-state index contributed by atoms with van der Waals surface area (Å²) in [4.78, 5) is 27.6. The van der Waals surface area contributed by atoms with Crippen LogP contribution in [0.3, 0.4) is 0 Å². The fourth-order valence-electron chi connectivity index (χ4n) is 5.42. The Morgan fingerprint density at radius 2 is 1.95 bits per heavy atom. The molecule has 5 rings (SSSR count). The zero-order valence-electron chi connectivity index (χ0n) is 22.1. The number of hydrogen-bond donors (Lipinski definition) is 3. The molecule has 7 nitrogen and oxygen atoms in total. The van der Waals surface area contributed by atoms with Gasteiger partial charge in [0.15, 0.2) is 0 Å². The van der Waals surface area contributed by atoms with Gasteiger partial charge in [0.2, 0.25) is 0 Å². The molecule has 2 atom stereocenters. The molecule has 0 saturated carbocycles. The third-order valence-corrected chi connectivity index (χ3v) is 7.92. The van der Waals surface area contributed by atoms with Gasteiger partial charge in [-0.1, -0.05) is 39.0 Å². The molecule has 1 aliphatic carbocycles. The van der Waals surface area contributed by atoms with Crippen molar-refractivity contribution in [1.29, 1.82) is 0 Å². The fraction of sp³-hybridized carbons (Fsp3) is 0.433. The van der Waals surface area contributed by atoms with E-state index in [0.717, 1.165) is 47.2 Å². The lowest BCUT2D eigenvalue weighted by Crippen LogP contribution is -2.29. The Morgan fingerprint density at radius 1 is 1.19 bits per heavy atom. The van der Waals surface area contributed by atoms with E-state index >= 15 is 0 Å². The monoisotopic (exact) mass is 500 g/mol. The molecule has 1 aromatic heterocycles. The third kappa shape index (κ3) is 4.92. The van der Waals surface area contributed by atoms with Crippen molar-refractivity contribution in [3.8, 4) is 11.3 Å². The van der Waals surface area contributed by atoms with Crippen molar-refractivity contribution in [2.24, 2.45) is 11.3 Å². The lowest BCUT2D eigenvalue weighted by atomic mass is 9.76. The maximum Gasteiger partial charge on any atom is 0.255 e. The zero-order chi connectivity index (χ0) is 26.3. The van der Waals surface area contributed by atoms with Crippen molar-refractivity contribution in [3.05, 3.63) is 76.0 Å². The lowest BCUT2D eigenvalue weighted by Gasteiger charge is -2.29. The number of aliphatic hydroxyl groups is 1. The molecule has 0 spiro atoms. The smallest absolute Gasteiger partial charge is 0.255 e. The second-order valence-electron chi connectivity index (χ2n) is 11.5. The number of carbonyl (C=O) groups is 2. The van der Waals surface area contributed by atoms with Crippen LogP contribution in [0.25, 0.3) is 11.3 Å². The number of fused-ring (bicyclic) bond motifs is 2. The molecule has 37 heavy (non-hydrogen) atoms. The number of amides is 2. The fourth-order valence-corrected chi connectivity index (χ4v) is 5.42. The van der Waals surface area contributed by atoms with Gasteiger partial charge < -0.3 is 15.3 Å². The zero-order valence-corrected chi connectivity index (χ0v) is 22.1. The highest BCUT2D eigenvalue weighted by atomic mass is 16.3. The van der Waals surface area contributed by atoms with Gasteiger partial charge in [-0.15, -0.1) is 0 Å². The minimum absolute atomic E-state index is 0.0113. The minimum Gasteiger partial charge on any atom is -0.396 e. The predicted octanol–water partition coefficient (Wildman–Crippen LogP) is 4.67. The van der Waals surface area contributed by atoms with Crippen molar-refractivity contribution in [3.63, 3.8) is 0 Å². The van der Waals surface area contributed by atoms with Crippen LogP contribution >= 0.6 is 0 Å². The summed E-state index contributed by atoms with van der Waals surface area (Å²) in [7, 11) is 0. The first-order valence-corrected chi connectivity index (χ1v) is 13.2. The van der Waals surface area contributed by atoms with Gasteiger partial charge in [0.05, 0.1) is 11.7 Å². The van der Waals surface area contributed by atoms with Crippen LogP contribution in [0.5, 0.6) is 0 Å². The third-order valence-electron chi connectivity index (χ3n) is 7.92. The van der Waals surface area contributed by atoms with Crippen molar-refractivity contribution >= 4 is 11.8 Å². The van der Waals surface area contributed by atoms with Gasteiger partial charge in [0.25, 0.3) is 11.8 Å². The molecule has 2 amide bonds. The number of aromatic nitrogens is 2. The summed E-state index contributed by atoms with van der Waals surface area (Å²) in [6.45, 7) is 9.51. The molecule has 0 saturated heterocycles. The molecule has 1 aliphatic heterocycles. The highest BCUT2D eigenvalue weighted by Gasteiger charge is 2.33. The Morgan fingerprint density at radius 3 is 2.68 bits per heavy atom. The summed E-state index contributed by atoms with van der Waals surface area (Å²) in [5.41, 5.74) is 8.21. The number of H-pyrrole nitrogens is 1. The van der Waals surface area contributed by atoms with Crippen molar-refractivity contribution in [2.45, 2.75) is 59.5 Å². The predicted molar refractivity (Wildman–Crippen MR) is 143 cm³/mol. The number of aromatic amines is 1. The highest BCUT2D eigenvalue weighted by Crippen LogP contribution is 2.39. The second-order valence-corrected chi connectivity index (χ2v) is 11.5. The molecule has 2 heterocycles. The van der Waals surface area contributed by atoms with Gasteiger partial charge >= 0.3 is 0 Å². The van der Waals surface area contributed by atoms with Crippen LogP contribution < -0.4 is 5.32 Å². The molecule has 0 unspecified atom stereocenters. The van der Waals surface area contributed by atoms with Crippen LogP contribution in [0.15, 0.2) is 42.5 Å². The molecule has 3 N–H and O–H groups in total. The van der Waals surface area contributed by atoms with Gasteiger partial charge in [-0.3, -0.25) is 14.7 Å². The Bertz CT molecular complexity index is 1330. The molecule has 3 aromatic rings. The van der Waals surface area contributed by atoms with Crippen molar-refractivity contribution in [1.82, 2.24) is 20.4 Å². The molecular formula is C30H36N4O3. The van der Waals surface area contributed by atoms with Crippen LogP contribution in [0.2, 0.25) is 0 Å². The normalized spacial score (nSPS) is 17.8. The largest absolute Gasteiger partial charge is 0.396 e. The molecule has 7 heteroatoms. The van der Waals surface area contributed by atoms with E-state index < -0.39 is 0 Å². The number of nitrogens with zero attached hydrogens (tertiary/aromatic N) is 2. The van der Waals surface area contributed by atoms with Crippen LogP contribution in [-0.4, -0.2) is 45.2 Å². The molecule has 0 radical (unpaired) electrons. The standard InChI is InChI=1S/C30H36N4O3/c1-18(17-35)15-31-28(36)21-7-5-20(6-8-21)19(2)34-16-23-13-22(9-10-24(23)29(34)37)27-25-11-12-30(3,4)14-26(25)32-33-27/h5-10,13,18-19,35H,11-12,14-17H2,1-4H3,(H,31,36)(H,32,33)/t18-,19-/m1/s1. The summed E-state index contributed by atoms with van der Waals surface area (Å²) < 4.78 is 0. The first kappa shape index (κ1) is 25.2. The first-order valence-electron chi connectivity index (χ1n) is 13.2. The minimum atomic E-state index is -0.166. The number of benzene rings is 2. The van der Waals surface area contributed by atoms with E-state index in [9.17, 15) is 9.59 Å². The van der Waals surface area contributed by atoms with Gasteiger partial charge in [-0.05, 0) is 72.9 Å². The topological polar surface area (TPSA) is 98.3 Å².